The highest BCUT2D eigenvalue weighted by atomic mass is 32.1. The maximum Gasteiger partial charge on any atom is 0.226 e. The number of nitrogens with zero attached hydrogens (tertiary/aromatic N) is 3. The Morgan fingerprint density at radius 3 is 2.46 bits per heavy atom. The molecule has 7 heteroatoms. The van der Waals surface area contributed by atoms with Crippen molar-refractivity contribution in [2.24, 2.45) is 11.8 Å². The molecule has 1 aromatic heterocycles. The molecule has 0 bridgehead atoms. The zero-order valence-electron chi connectivity index (χ0n) is 15.9. The van der Waals surface area contributed by atoms with E-state index in [2.05, 4.69) is 29.4 Å². The van der Waals surface area contributed by atoms with Crippen LogP contribution in [0.2, 0.25) is 0 Å². The van der Waals surface area contributed by atoms with Gasteiger partial charge in [-0.15, -0.1) is 10.2 Å². The summed E-state index contributed by atoms with van der Waals surface area (Å²) in [7, 11) is 0. The first-order valence-electron chi connectivity index (χ1n) is 9.92. The van der Waals surface area contributed by atoms with Crippen molar-refractivity contribution in [1.82, 2.24) is 15.1 Å². The monoisotopic (exact) mass is 378 g/mol. The minimum atomic E-state index is -0.150. The van der Waals surface area contributed by atoms with E-state index in [4.69, 9.17) is 0 Å². The average molecular weight is 379 g/mol. The fraction of sp³-hybridized carbons (Fsp3) is 0.789. The van der Waals surface area contributed by atoms with Crippen LogP contribution in [-0.2, 0) is 9.59 Å². The van der Waals surface area contributed by atoms with Gasteiger partial charge in [-0.05, 0) is 31.1 Å². The second-order valence-corrected chi connectivity index (χ2v) is 9.08. The maximum atomic E-state index is 12.4. The minimum Gasteiger partial charge on any atom is -0.342 e. The van der Waals surface area contributed by atoms with Crippen LogP contribution in [0.3, 0.4) is 0 Å². The number of carbonyl (C=O) groups is 2. The molecule has 3 rings (SSSR count). The summed E-state index contributed by atoms with van der Waals surface area (Å²) in [5, 5.41) is 12.8. The first kappa shape index (κ1) is 19.3. The summed E-state index contributed by atoms with van der Waals surface area (Å²) >= 11 is 1.48. The van der Waals surface area contributed by atoms with E-state index < -0.39 is 0 Å². The third-order valence-electron chi connectivity index (χ3n) is 5.43. The Labute approximate surface area is 159 Å². The summed E-state index contributed by atoms with van der Waals surface area (Å²) in [6.45, 7) is 5.99. The predicted molar refractivity (Wildman–Crippen MR) is 103 cm³/mol. The number of piperidine rings is 1. The Bertz CT molecular complexity index is 617. The standard InChI is InChI=1S/C19H30N4O2S/c1-13-10-14(2)12-23(11-13)17(25)9-8-16(24)20-19-22-21-18(26-19)15-6-4-3-5-7-15/h13-15H,3-12H2,1-2H3,(H,20,22,24)/t13-,14-/m0/s1. The van der Waals surface area contributed by atoms with E-state index in [1.165, 1.54) is 49.9 Å². The fourth-order valence-corrected chi connectivity index (χ4v) is 5.16. The van der Waals surface area contributed by atoms with Gasteiger partial charge in [0.2, 0.25) is 16.9 Å². The van der Waals surface area contributed by atoms with Crippen LogP contribution in [0.25, 0.3) is 0 Å². The molecule has 0 unspecified atom stereocenters. The molecule has 1 aromatic rings. The summed E-state index contributed by atoms with van der Waals surface area (Å²) in [4.78, 5) is 26.5. The molecule has 0 aromatic carbocycles. The molecule has 0 spiro atoms. The lowest BCUT2D eigenvalue weighted by atomic mass is 9.90. The smallest absolute Gasteiger partial charge is 0.226 e. The Hall–Kier alpha value is -1.50. The van der Waals surface area contributed by atoms with E-state index in [0.29, 0.717) is 22.9 Å². The van der Waals surface area contributed by atoms with Crippen LogP contribution in [0.15, 0.2) is 0 Å². The van der Waals surface area contributed by atoms with Crippen LogP contribution in [-0.4, -0.2) is 40.0 Å². The summed E-state index contributed by atoms with van der Waals surface area (Å²) in [5.74, 6) is 1.50. The van der Waals surface area contributed by atoms with Crippen LogP contribution < -0.4 is 5.32 Å². The van der Waals surface area contributed by atoms with E-state index >= 15 is 0 Å². The topological polar surface area (TPSA) is 75.2 Å². The van der Waals surface area contributed by atoms with Gasteiger partial charge in [0.15, 0.2) is 0 Å². The van der Waals surface area contributed by atoms with Crippen molar-refractivity contribution >= 4 is 28.3 Å². The van der Waals surface area contributed by atoms with E-state index in [-0.39, 0.29) is 24.7 Å². The molecule has 2 amide bonds. The summed E-state index contributed by atoms with van der Waals surface area (Å²) in [6.07, 6.45) is 7.79. The van der Waals surface area contributed by atoms with Crippen molar-refractivity contribution in [1.29, 1.82) is 0 Å². The predicted octanol–water partition coefficient (Wildman–Crippen LogP) is 3.81. The van der Waals surface area contributed by atoms with Crippen LogP contribution in [0, 0.1) is 11.8 Å². The SMILES string of the molecule is C[C@H]1C[C@H](C)CN(C(=O)CCC(=O)Nc2nnc(C3CCCCC3)s2)C1. The normalized spacial score (nSPS) is 24.5. The molecule has 1 aliphatic heterocycles. The highest BCUT2D eigenvalue weighted by Crippen LogP contribution is 2.35. The fourth-order valence-electron chi connectivity index (χ4n) is 4.23. The summed E-state index contributed by atoms with van der Waals surface area (Å²) in [5.41, 5.74) is 0. The van der Waals surface area contributed by atoms with Crippen molar-refractivity contribution in [3.8, 4) is 0 Å². The van der Waals surface area contributed by atoms with Crippen molar-refractivity contribution < 1.29 is 9.59 Å². The molecule has 2 aliphatic rings. The van der Waals surface area contributed by atoms with Crippen molar-refractivity contribution in [3.05, 3.63) is 5.01 Å². The lowest BCUT2D eigenvalue weighted by Crippen LogP contribution is -2.42. The second kappa shape index (κ2) is 8.93. The minimum absolute atomic E-state index is 0.0821. The van der Waals surface area contributed by atoms with Crippen LogP contribution in [0.1, 0.15) is 76.1 Å². The van der Waals surface area contributed by atoms with Gasteiger partial charge in [-0.1, -0.05) is 44.4 Å². The molecular weight excluding hydrogens is 348 g/mol. The number of amides is 2. The zero-order chi connectivity index (χ0) is 18.5. The van der Waals surface area contributed by atoms with Gasteiger partial charge in [-0.3, -0.25) is 9.59 Å². The van der Waals surface area contributed by atoms with Gasteiger partial charge in [0.05, 0.1) is 0 Å². The summed E-state index contributed by atoms with van der Waals surface area (Å²) in [6, 6.07) is 0. The van der Waals surface area contributed by atoms with E-state index in [0.717, 1.165) is 18.1 Å². The first-order valence-corrected chi connectivity index (χ1v) is 10.7. The van der Waals surface area contributed by atoms with E-state index in [1.807, 2.05) is 4.90 Å². The zero-order valence-corrected chi connectivity index (χ0v) is 16.7. The molecule has 2 atom stereocenters. The number of hydrogen-bond donors (Lipinski definition) is 1. The Morgan fingerprint density at radius 1 is 1.08 bits per heavy atom. The van der Waals surface area contributed by atoms with E-state index in [9.17, 15) is 9.59 Å². The third-order valence-corrected chi connectivity index (χ3v) is 6.43. The Balaban J connectivity index is 1.44. The number of rotatable bonds is 5. The lowest BCUT2D eigenvalue weighted by molar-refractivity contribution is -0.135. The van der Waals surface area contributed by atoms with Gasteiger partial charge in [-0.2, -0.15) is 0 Å². The number of hydrogen-bond acceptors (Lipinski definition) is 5. The van der Waals surface area contributed by atoms with Crippen molar-refractivity contribution in [2.75, 3.05) is 18.4 Å². The molecule has 1 saturated carbocycles. The molecule has 1 aliphatic carbocycles. The third kappa shape index (κ3) is 5.25. The first-order chi connectivity index (χ1) is 12.5. The number of anilines is 1. The number of nitrogens with one attached hydrogen (secondary N) is 1. The largest absolute Gasteiger partial charge is 0.342 e. The average Bonchev–Trinajstić information content (AvgIpc) is 3.08. The lowest BCUT2D eigenvalue weighted by Gasteiger charge is -2.35. The molecule has 2 fully saturated rings. The molecular formula is C19H30N4O2S. The van der Waals surface area contributed by atoms with Crippen molar-refractivity contribution in [3.63, 3.8) is 0 Å². The van der Waals surface area contributed by atoms with Gasteiger partial charge in [0, 0.05) is 31.8 Å². The van der Waals surface area contributed by atoms with Crippen molar-refractivity contribution in [2.45, 2.75) is 71.1 Å². The Morgan fingerprint density at radius 2 is 1.77 bits per heavy atom. The van der Waals surface area contributed by atoms with Crippen LogP contribution in [0.4, 0.5) is 5.13 Å². The number of aromatic nitrogens is 2. The van der Waals surface area contributed by atoms with Gasteiger partial charge in [-0.25, -0.2) is 0 Å². The molecule has 144 valence electrons. The van der Waals surface area contributed by atoms with Crippen LogP contribution in [0.5, 0.6) is 0 Å². The van der Waals surface area contributed by atoms with E-state index in [1.54, 1.807) is 0 Å². The second-order valence-electron chi connectivity index (χ2n) is 8.07. The number of likely N-dealkylation sites (tertiary alicyclic amines) is 1. The molecule has 6 nitrogen and oxygen atoms in total. The molecule has 0 radical (unpaired) electrons. The highest BCUT2D eigenvalue weighted by molar-refractivity contribution is 7.15. The number of carbonyl (C=O) groups excluding carboxylic acids is 2. The highest BCUT2D eigenvalue weighted by Gasteiger charge is 2.25. The van der Waals surface area contributed by atoms with Gasteiger partial charge in [0.1, 0.15) is 5.01 Å². The molecule has 2 heterocycles. The van der Waals surface area contributed by atoms with Gasteiger partial charge >= 0.3 is 0 Å². The van der Waals surface area contributed by atoms with Gasteiger partial charge < -0.3 is 10.2 Å². The Kier molecular flexibility index (Phi) is 6.62. The maximum absolute atomic E-state index is 12.4. The molecule has 1 saturated heterocycles. The molecule has 1 N–H and O–H groups in total. The van der Waals surface area contributed by atoms with Crippen LogP contribution >= 0.6 is 11.3 Å². The molecule has 26 heavy (non-hydrogen) atoms. The summed E-state index contributed by atoms with van der Waals surface area (Å²) < 4.78 is 0. The quantitative estimate of drug-likeness (QED) is 0.845. The van der Waals surface area contributed by atoms with Gasteiger partial charge in [0.25, 0.3) is 0 Å².